The second-order valence-electron chi connectivity index (χ2n) is 5.66. The summed E-state index contributed by atoms with van der Waals surface area (Å²) < 4.78 is 10.6. The van der Waals surface area contributed by atoms with Gasteiger partial charge in [-0.1, -0.05) is 13.3 Å². The standard InChI is InChI=1S/C17H38N4O2/c1-5-7-15-23-16-8-10-19-17(18-6-2)20-11-13-21(3)12-9-14-22-4/h5-16H2,1-4H3,(H2,18,19,20). The number of guanidine groups is 1. The first-order valence-corrected chi connectivity index (χ1v) is 9.02. The van der Waals surface area contributed by atoms with Crippen molar-refractivity contribution in [2.75, 3.05) is 66.7 Å². The zero-order chi connectivity index (χ0) is 17.2. The molecule has 0 aliphatic carbocycles. The van der Waals surface area contributed by atoms with Crippen LogP contribution in [-0.4, -0.2) is 77.6 Å². The van der Waals surface area contributed by atoms with Crippen molar-refractivity contribution in [3.05, 3.63) is 0 Å². The van der Waals surface area contributed by atoms with E-state index in [0.717, 1.165) is 77.8 Å². The predicted octanol–water partition coefficient (Wildman–Crippen LogP) is 1.72. The van der Waals surface area contributed by atoms with Crippen LogP contribution >= 0.6 is 0 Å². The van der Waals surface area contributed by atoms with Crippen molar-refractivity contribution in [3.63, 3.8) is 0 Å². The van der Waals surface area contributed by atoms with E-state index in [1.165, 1.54) is 6.42 Å². The Kier molecular flexibility index (Phi) is 16.9. The SMILES string of the molecule is CCCCOCCCN=C(NCC)NCCN(C)CCCOC. The lowest BCUT2D eigenvalue weighted by atomic mass is 10.4. The molecule has 0 aliphatic rings. The van der Waals surface area contributed by atoms with Crippen molar-refractivity contribution in [3.8, 4) is 0 Å². The lowest BCUT2D eigenvalue weighted by Gasteiger charge is -2.18. The van der Waals surface area contributed by atoms with E-state index in [9.17, 15) is 0 Å². The molecule has 0 aromatic heterocycles. The average Bonchev–Trinajstić information content (AvgIpc) is 2.54. The van der Waals surface area contributed by atoms with Gasteiger partial charge in [0.15, 0.2) is 5.96 Å². The van der Waals surface area contributed by atoms with E-state index in [1.54, 1.807) is 7.11 Å². The van der Waals surface area contributed by atoms with Gasteiger partial charge in [0.25, 0.3) is 0 Å². The number of methoxy groups -OCH3 is 1. The summed E-state index contributed by atoms with van der Waals surface area (Å²) in [7, 11) is 3.88. The topological polar surface area (TPSA) is 58.1 Å². The van der Waals surface area contributed by atoms with Crippen molar-refractivity contribution < 1.29 is 9.47 Å². The molecule has 0 aliphatic heterocycles. The maximum atomic E-state index is 5.55. The highest BCUT2D eigenvalue weighted by Crippen LogP contribution is 1.91. The summed E-state index contributed by atoms with van der Waals surface area (Å²) in [6, 6.07) is 0. The molecule has 0 atom stereocenters. The van der Waals surface area contributed by atoms with Gasteiger partial charge in [0.05, 0.1) is 0 Å². The maximum Gasteiger partial charge on any atom is 0.191 e. The highest BCUT2D eigenvalue weighted by atomic mass is 16.5. The monoisotopic (exact) mass is 330 g/mol. The van der Waals surface area contributed by atoms with Gasteiger partial charge >= 0.3 is 0 Å². The summed E-state index contributed by atoms with van der Waals surface area (Å²) in [5.41, 5.74) is 0. The van der Waals surface area contributed by atoms with Crippen molar-refractivity contribution >= 4 is 5.96 Å². The van der Waals surface area contributed by atoms with Gasteiger partial charge < -0.3 is 25.0 Å². The number of nitrogens with one attached hydrogen (secondary N) is 2. The Hall–Kier alpha value is -0.850. The number of nitrogens with zero attached hydrogens (tertiary/aromatic N) is 2. The Balaban J connectivity index is 3.76. The molecule has 0 saturated carbocycles. The van der Waals surface area contributed by atoms with Crippen LogP contribution in [0.5, 0.6) is 0 Å². The number of likely N-dealkylation sites (N-methyl/N-ethyl adjacent to an activating group) is 1. The summed E-state index contributed by atoms with van der Waals surface area (Å²) in [5, 5.41) is 6.66. The number of unbranched alkanes of at least 4 members (excludes halogenated alkanes) is 1. The molecule has 138 valence electrons. The fraction of sp³-hybridized carbons (Fsp3) is 0.941. The first kappa shape index (κ1) is 22.1. The molecule has 0 rings (SSSR count). The summed E-state index contributed by atoms with van der Waals surface area (Å²) in [5.74, 6) is 0.895. The minimum absolute atomic E-state index is 0.797. The second kappa shape index (κ2) is 17.5. The van der Waals surface area contributed by atoms with Crippen molar-refractivity contribution in [2.24, 2.45) is 4.99 Å². The molecule has 6 nitrogen and oxygen atoms in total. The normalized spacial score (nSPS) is 12.0. The quantitative estimate of drug-likeness (QED) is 0.272. The lowest BCUT2D eigenvalue weighted by molar-refractivity contribution is 0.130. The smallest absolute Gasteiger partial charge is 0.191 e. The van der Waals surface area contributed by atoms with Crippen LogP contribution in [-0.2, 0) is 9.47 Å². The third-order valence-corrected chi connectivity index (χ3v) is 3.38. The molecule has 0 bridgehead atoms. The molecule has 0 saturated heterocycles. The van der Waals surface area contributed by atoms with Gasteiger partial charge in [-0.05, 0) is 33.2 Å². The molecule has 0 radical (unpaired) electrons. The molecule has 23 heavy (non-hydrogen) atoms. The van der Waals surface area contributed by atoms with Crippen LogP contribution in [0, 0.1) is 0 Å². The molecule has 0 fully saturated rings. The zero-order valence-corrected chi connectivity index (χ0v) is 15.7. The van der Waals surface area contributed by atoms with Crippen molar-refractivity contribution in [1.82, 2.24) is 15.5 Å². The summed E-state index contributed by atoms with van der Waals surface area (Å²) in [6.07, 6.45) is 4.37. The molecule has 0 heterocycles. The van der Waals surface area contributed by atoms with Crippen LogP contribution < -0.4 is 10.6 Å². The maximum absolute atomic E-state index is 5.55. The third-order valence-electron chi connectivity index (χ3n) is 3.38. The van der Waals surface area contributed by atoms with Crippen LogP contribution in [0.4, 0.5) is 0 Å². The first-order valence-electron chi connectivity index (χ1n) is 9.02. The molecule has 2 N–H and O–H groups in total. The van der Waals surface area contributed by atoms with Crippen LogP contribution in [0.2, 0.25) is 0 Å². The van der Waals surface area contributed by atoms with E-state index in [2.05, 4.69) is 41.4 Å². The average molecular weight is 331 g/mol. The molecule has 0 aromatic rings. The van der Waals surface area contributed by atoms with Gasteiger partial charge in [-0.15, -0.1) is 0 Å². The Morgan fingerprint density at radius 2 is 1.78 bits per heavy atom. The fourth-order valence-electron chi connectivity index (χ4n) is 2.00. The number of rotatable bonds is 15. The molecule has 6 heteroatoms. The van der Waals surface area contributed by atoms with E-state index >= 15 is 0 Å². The minimum atomic E-state index is 0.797. The van der Waals surface area contributed by atoms with Crippen LogP contribution in [0.25, 0.3) is 0 Å². The molecular weight excluding hydrogens is 292 g/mol. The Labute approximate surface area is 143 Å². The number of hydrogen-bond acceptors (Lipinski definition) is 4. The van der Waals surface area contributed by atoms with Gasteiger partial charge in [-0.25, -0.2) is 0 Å². The van der Waals surface area contributed by atoms with Crippen molar-refractivity contribution in [2.45, 2.75) is 39.5 Å². The summed E-state index contributed by atoms with van der Waals surface area (Å²) in [4.78, 5) is 6.88. The van der Waals surface area contributed by atoms with Crippen LogP contribution in [0.3, 0.4) is 0 Å². The molecule has 0 amide bonds. The zero-order valence-electron chi connectivity index (χ0n) is 15.7. The van der Waals surface area contributed by atoms with Gasteiger partial charge in [-0.2, -0.15) is 0 Å². The fourth-order valence-corrected chi connectivity index (χ4v) is 2.00. The largest absolute Gasteiger partial charge is 0.385 e. The first-order chi connectivity index (χ1) is 11.2. The molecule has 0 aromatic carbocycles. The molecular formula is C17H38N4O2. The van der Waals surface area contributed by atoms with Crippen molar-refractivity contribution in [1.29, 1.82) is 0 Å². The molecule has 0 unspecified atom stereocenters. The van der Waals surface area contributed by atoms with Crippen LogP contribution in [0.1, 0.15) is 39.5 Å². The van der Waals surface area contributed by atoms with E-state index in [4.69, 9.17) is 9.47 Å². The van der Waals surface area contributed by atoms with Crippen LogP contribution in [0.15, 0.2) is 4.99 Å². The Morgan fingerprint density at radius 1 is 1.00 bits per heavy atom. The summed E-state index contributed by atoms with van der Waals surface area (Å²) >= 11 is 0. The van der Waals surface area contributed by atoms with E-state index in [-0.39, 0.29) is 0 Å². The van der Waals surface area contributed by atoms with Gasteiger partial charge in [0, 0.05) is 59.7 Å². The van der Waals surface area contributed by atoms with Gasteiger partial charge in [0.1, 0.15) is 0 Å². The van der Waals surface area contributed by atoms with Gasteiger partial charge in [0.2, 0.25) is 0 Å². The van der Waals surface area contributed by atoms with E-state index in [1.807, 2.05) is 0 Å². The summed E-state index contributed by atoms with van der Waals surface area (Å²) in [6.45, 7) is 11.4. The Bertz CT molecular complexity index is 275. The lowest BCUT2D eigenvalue weighted by Crippen LogP contribution is -2.41. The molecule has 0 spiro atoms. The number of aliphatic imine (C=N–C) groups is 1. The highest BCUT2D eigenvalue weighted by molar-refractivity contribution is 5.79. The van der Waals surface area contributed by atoms with E-state index in [0.29, 0.717) is 0 Å². The number of ether oxygens (including phenoxy) is 2. The third kappa shape index (κ3) is 15.8. The minimum Gasteiger partial charge on any atom is -0.385 e. The second-order valence-corrected chi connectivity index (χ2v) is 5.66. The predicted molar refractivity (Wildman–Crippen MR) is 98.3 cm³/mol. The van der Waals surface area contributed by atoms with E-state index < -0.39 is 0 Å². The number of hydrogen-bond donors (Lipinski definition) is 2. The highest BCUT2D eigenvalue weighted by Gasteiger charge is 2.00. The van der Waals surface area contributed by atoms with Gasteiger partial charge in [-0.3, -0.25) is 4.99 Å². The Morgan fingerprint density at radius 3 is 2.48 bits per heavy atom.